The van der Waals surface area contributed by atoms with Crippen LogP contribution in [0.25, 0.3) is 0 Å². The molecule has 150 valence electrons. The minimum atomic E-state index is -0.512. The number of benzene rings is 2. The van der Waals surface area contributed by atoms with Gasteiger partial charge in [0.1, 0.15) is 0 Å². The molecule has 7 rings (SSSR count). The van der Waals surface area contributed by atoms with Gasteiger partial charge in [0.2, 0.25) is 11.8 Å². The molecule has 2 bridgehead atoms. The number of rotatable bonds is 3. The van der Waals surface area contributed by atoms with E-state index in [1.54, 1.807) is 36.4 Å². The average Bonchev–Trinajstić information content (AvgIpc) is 3.53. The Labute approximate surface area is 174 Å². The molecule has 2 aromatic carbocycles. The largest absolute Gasteiger partial charge is 0.421 e. The van der Waals surface area contributed by atoms with Crippen LogP contribution < -0.4 is 9.64 Å². The lowest BCUT2D eigenvalue weighted by atomic mass is 9.63. The van der Waals surface area contributed by atoms with Crippen LogP contribution in [0.2, 0.25) is 0 Å². The number of ether oxygens (including phenoxy) is 1. The number of anilines is 1. The maximum Gasteiger partial charge on any atom is 0.343 e. The molecule has 2 saturated carbocycles. The van der Waals surface area contributed by atoms with Crippen molar-refractivity contribution < 1.29 is 19.1 Å². The third-order valence-electron chi connectivity index (χ3n) is 7.26. The molecule has 3 fully saturated rings. The topological polar surface area (TPSA) is 63.7 Å². The monoisotopic (exact) mass is 399 g/mol. The van der Waals surface area contributed by atoms with Crippen molar-refractivity contribution in [2.75, 3.05) is 4.90 Å². The van der Waals surface area contributed by atoms with Crippen LogP contribution >= 0.6 is 0 Å². The summed E-state index contributed by atoms with van der Waals surface area (Å²) in [6, 6.07) is 13.9. The summed E-state index contributed by atoms with van der Waals surface area (Å²) in [5, 5.41) is 0. The Bertz CT molecular complexity index is 1080. The van der Waals surface area contributed by atoms with Crippen molar-refractivity contribution in [2.45, 2.75) is 13.3 Å². The number of amides is 2. The minimum absolute atomic E-state index is 0.159. The molecule has 0 N–H and O–H groups in total. The van der Waals surface area contributed by atoms with Crippen LogP contribution in [0.3, 0.4) is 0 Å². The third kappa shape index (κ3) is 2.38. The SMILES string of the molecule is Cc1ccc(C(=O)Oc2ccccc2N2C(=O)[C@@H]3[C@H]4C=C[C@@H]([C@@H]5C[C@@H]45)[C@@H]3C2=O)cc1. The predicted molar refractivity (Wildman–Crippen MR) is 110 cm³/mol. The van der Waals surface area contributed by atoms with Gasteiger partial charge in [0.15, 0.2) is 5.75 Å². The molecule has 1 heterocycles. The summed E-state index contributed by atoms with van der Waals surface area (Å²) in [6.07, 6.45) is 5.43. The third-order valence-corrected chi connectivity index (χ3v) is 7.26. The number of carbonyl (C=O) groups excluding carboxylic acids is 3. The van der Waals surface area contributed by atoms with Crippen molar-refractivity contribution in [3.05, 3.63) is 71.8 Å². The molecule has 0 spiro atoms. The average molecular weight is 399 g/mol. The molecule has 6 atom stereocenters. The smallest absolute Gasteiger partial charge is 0.343 e. The first-order valence-electron chi connectivity index (χ1n) is 10.5. The zero-order valence-electron chi connectivity index (χ0n) is 16.5. The Balaban J connectivity index is 1.33. The summed E-state index contributed by atoms with van der Waals surface area (Å²) < 4.78 is 5.63. The van der Waals surface area contributed by atoms with Crippen LogP contribution in [0.15, 0.2) is 60.7 Å². The molecule has 5 nitrogen and oxygen atoms in total. The van der Waals surface area contributed by atoms with Gasteiger partial charge in [-0.05, 0) is 61.3 Å². The first kappa shape index (κ1) is 17.6. The van der Waals surface area contributed by atoms with Crippen LogP contribution in [0.5, 0.6) is 5.75 Å². The standard InChI is InChI=1S/C25H21NO4/c1-13-6-8-14(9-7-13)25(29)30-20-5-3-2-4-19(20)26-23(27)21-15-10-11-16(18-12-17(15)18)22(21)24(26)28/h2-11,15-18,21-22H,12H2,1H3/t15-,16-,17-,18-,21-,22+/m0/s1. The lowest BCUT2D eigenvalue weighted by Crippen LogP contribution is -2.40. The number of para-hydroxylation sites is 2. The van der Waals surface area contributed by atoms with Gasteiger partial charge >= 0.3 is 5.97 Å². The number of hydrogen-bond donors (Lipinski definition) is 0. The normalized spacial score (nSPS) is 32.8. The lowest BCUT2D eigenvalue weighted by Gasteiger charge is -2.37. The number of esters is 1. The van der Waals surface area contributed by atoms with Gasteiger partial charge in [-0.1, -0.05) is 42.0 Å². The fraction of sp³-hybridized carbons (Fsp3) is 0.320. The van der Waals surface area contributed by atoms with Gasteiger partial charge in [0.25, 0.3) is 0 Å². The summed E-state index contributed by atoms with van der Waals surface area (Å²) in [4.78, 5) is 40.7. The number of imide groups is 1. The fourth-order valence-electron chi connectivity index (χ4n) is 5.77. The Morgan fingerprint density at radius 1 is 0.900 bits per heavy atom. The van der Waals surface area contributed by atoms with Gasteiger partial charge in [0, 0.05) is 0 Å². The van der Waals surface area contributed by atoms with E-state index in [-0.39, 0.29) is 41.2 Å². The number of allylic oxidation sites excluding steroid dienone is 2. The molecule has 2 aromatic rings. The summed E-state index contributed by atoms with van der Waals surface area (Å²) >= 11 is 0. The highest BCUT2D eigenvalue weighted by Crippen LogP contribution is 2.65. The van der Waals surface area contributed by atoms with E-state index in [0.29, 0.717) is 23.1 Å². The van der Waals surface area contributed by atoms with Crippen molar-refractivity contribution in [2.24, 2.45) is 35.5 Å². The molecule has 0 unspecified atom stereocenters. The van der Waals surface area contributed by atoms with E-state index in [1.807, 2.05) is 19.1 Å². The number of nitrogens with zero attached hydrogens (tertiary/aromatic N) is 1. The van der Waals surface area contributed by atoms with Crippen LogP contribution in [0, 0.1) is 42.4 Å². The van der Waals surface area contributed by atoms with Crippen molar-refractivity contribution in [1.29, 1.82) is 0 Å². The van der Waals surface area contributed by atoms with E-state index < -0.39 is 5.97 Å². The van der Waals surface area contributed by atoms with Crippen molar-refractivity contribution in [3.8, 4) is 5.75 Å². The molecule has 5 aliphatic rings. The fourth-order valence-corrected chi connectivity index (χ4v) is 5.77. The number of carbonyl (C=O) groups is 3. The van der Waals surface area contributed by atoms with E-state index in [1.165, 1.54) is 4.90 Å². The molecule has 30 heavy (non-hydrogen) atoms. The Morgan fingerprint density at radius 3 is 2.13 bits per heavy atom. The second-order valence-corrected chi connectivity index (χ2v) is 8.89. The molecule has 1 aliphatic heterocycles. The predicted octanol–water partition coefficient (Wildman–Crippen LogP) is 3.77. The molecule has 5 heteroatoms. The van der Waals surface area contributed by atoms with Gasteiger partial charge in [0.05, 0.1) is 23.1 Å². The molecule has 4 aliphatic carbocycles. The Morgan fingerprint density at radius 2 is 1.50 bits per heavy atom. The molecular weight excluding hydrogens is 378 g/mol. The quantitative estimate of drug-likeness (QED) is 0.341. The maximum atomic E-state index is 13.4. The highest BCUT2D eigenvalue weighted by Gasteiger charge is 2.67. The number of hydrogen-bond acceptors (Lipinski definition) is 4. The molecule has 1 saturated heterocycles. The highest BCUT2D eigenvalue weighted by atomic mass is 16.5. The van der Waals surface area contributed by atoms with Gasteiger partial charge in [-0.15, -0.1) is 0 Å². The molecule has 0 aromatic heterocycles. The maximum absolute atomic E-state index is 13.4. The van der Waals surface area contributed by atoms with Gasteiger partial charge < -0.3 is 4.74 Å². The lowest BCUT2D eigenvalue weighted by molar-refractivity contribution is -0.124. The molecule has 2 amide bonds. The molecular formula is C25H21NO4. The van der Waals surface area contributed by atoms with Gasteiger partial charge in [-0.3, -0.25) is 9.59 Å². The van der Waals surface area contributed by atoms with Crippen molar-refractivity contribution in [1.82, 2.24) is 0 Å². The first-order chi connectivity index (χ1) is 14.5. The van der Waals surface area contributed by atoms with Gasteiger partial charge in [-0.25, -0.2) is 9.69 Å². The van der Waals surface area contributed by atoms with Crippen LogP contribution in [-0.2, 0) is 9.59 Å². The van der Waals surface area contributed by atoms with Crippen molar-refractivity contribution >= 4 is 23.5 Å². The minimum Gasteiger partial charge on any atom is -0.421 e. The zero-order chi connectivity index (χ0) is 20.6. The van der Waals surface area contributed by atoms with E-state index in [0.717, 1.165) is 12.0 Å². The highest BCUT2D eigenvalue weighted by molar-refractivity contribution is 6.23. The van der Waals surface area contributed by atoms with E-state index in [2.05, 4.69) is 12.2 Å². The van der Waals surface area contributed by atoms with Crippen LogP contribution in [-0.4, -0.2) is 17.8 Å². The summed E-state index contributed by atoms with van der Waals surface area (Å²) in [7, 11) is 0. The van der Waals surface area contributed by atoms with E-state index >= 15 is 0 Å². The van der Waals surface area contributed by atoms with Gasteiger partial charge in [-0.2, -0.15) is 0 Å². The summed E-state index contributed by atoms with van der Waals surface area (Å²) in [6.45, 7) is 1.94. The summed E-state index contributed by atoms with van der Waals surface area (Å²) in [5.41, 5.74) is 1.82. The van der Waals surface area contributed by atoms with Crippen LogP contribution in [0.1, 0.15) is 22.3 Å². The second-order valence-electron chi connectivity index (χ2n) is 8.89. The van der Waals surface area contributed by atoms with Crippen LogP contribution in [0.4, 0.5) is 5.69 Å². The zero-order valence-corrected chi connectivity index (χ0v) is 16.5. The Hall–Kier alpha value is -3.21. The summed E-state index contributed by atoms with van der Waals surface area (Å²) in [5.74, 6) is 0.259. The van der Waals surface area contributed by atoms with Crippen molar-refractivity contribution in [3.63, 3.8) is 0 Å². The number of aryl methyl sites for hydroxylation is 1. The first-order valence-corrected chi connectivity index (χ1v) is 10.5. The molecule has 0 radical (unpaired) electrons. The van der Waals surface area contributed by atoms with E-state index in [9.17, 15) is 14.4 Å². The Kier molecular flexibility index (Phi) is 3.61. The second kappa shape index (κ2) is 6.14. The van der Waals surface area contributed by atoms with E-state index in [4.69, 9.17) is 4.74 Å².